The highest BCUT2D eigenvalue weighted by Gasteiger charge is 2.26. The molecule has 1 fully saturated rings. The Kier molecular flexibility index (Phi) is 4.07. The Bertz CT molecular complexity index is 419. The summed E-state index contributed by atoms with van der Waals surface area (Å²) in [6.07, 6.45) is 1.52. The van der Waals surface area contributed by atoms with Gasteiger partial charge in [-0.2, -0.15) is 0 Å². The third-order valence-corrected chi connectivity index (χ3v) is 3.39. The van der Waals surface area contributed by atoms with Gasteiger partial charge in [-0.05, 0) is 24.5 Å². The predicted octanol–water partition coefficient (Wildman–Crippen LogP) is 2.08. The number of benzene rings is 1. The van der Waals surface area contributed by atoms with Crippen molar-refractivity contribution >= 4 is 11.7 Å². The van der Waals surface area contributed by atoms with E-state index in [1.54, 1.807) is 7.11 Å². The summed E-state index contributed by atoms with van der Waals surface area (Å²) < 4.78 is 10.1. The summed E-state index contributed by atoms with van der Waals surface area (Å²) in [6, 6.07) is 7.98. The summed E-state index contributed by atoms with van der Waals surface area (Å²) >= 11 is 0. The van der Waals surface area contributed by atoms with Crippen LogP contribution in [0.5, 0.6) is 5.75 Å². The fourth-order valence-corrected chi connectivity index (χ4v) is 2.43. The minimum absolute atomic E-state index is 0.123. The van der Waals surface area contributed by atoms with Gasteiger partial charge in [0.1, 0.15) is 5.75 Å². The molecule has 0 N–H and O–H groups in total. The average Bonchev–Trinajstić information content (AvgIpc) is 2.86. The normalized spacial score (nSPS) is 18.8. The molecule has 0 amide bonds. The van der Waals surface area contributed by atoms with E-state index in [2.05, 4.69) is 11.0 Å². The van der Waals surface area contributed by atoms with E-state index in [9.17, 15) is 4.79 Å². The highest BCUT2D eigenvalue weighted by molar-refractivity contribution is 5.70. The smallest absolute Gasteiger partial charge is 0.305 e. The maximum atomic E-state index is 11.3. The van der Waals surface area contributed by atoms with E-state index in [4.69, 9.17) is 9.47 Å². The van der Waals surface area contributed by atoms with Gasteiger partial charge >= 0.3 is 5.97 Å². The van der Waals surface area contributed by atoms with Gasteiger partial charge in [-0.25, -0.2) is 0 Å². The second-order valence-electron chi connectivity index (χ2n) is 4.55. The monoisotopic (exact) mass is 249 g/mol. The molecule has 1 aliphatic rings. The third-order valence-electron chi connectivity index (χ3n) is 3.39. The molecular formula is C14H19NO3. The molecule has 2 rings (SSSR count). The summed E-state index contributed by atoms with van der Waals surface area (Å²) in [5.41, 5.74) is 1.10. The largest absolute Gasteiger partial charge is 0.495 e. The van der Waals surface area contributed by atoms with Gasteiger partial charge in [0.2, 0.25) is 0 Å². The standard InChI is InChI=1S/C14H19NO3/c1-17-13-6-4-3-5-12(13)15-8-7-11(10-15)9-14(16)18-2/h3-6,11H,7-10H2,1-2H3. The molecule has 98 valence electrons. The average molecular weight is 249 g/mol. The Morgan fingerprint density at radius 1 is 1.39 bits per heavy atom. The Morgan fingerprint density at radius 3 is 2.89 bits per heavy atom. The van der Waals surface area contributed by atoms with Crippen molar-refractivity contribution < 1.29 is 14.3 Å². The first-order chi connectivity index (χ1) is 8.74. The summed E-state index contributed by atoms with van der Waals surface area (Å²) in [4.78, 5) is 13.5. The van der Waals surface area contributed by atoms with Gasteiger partial charge in [0.05, 0.1) is 26.3 Å². The summed E-state index contributed by atoms with van der Waals surface area (Å²) in [5, 5.41) is 0. The van der Waals surface area contributed by atoms with E-state index in [1.165, 1.54) is 7.11 Å². The fraction of sp³-hybridized carbons (Fsp3) is 0.500. The zero-order valence-corrected chi connectivity index (χ0v) is 10.9. The van der Waals surface area contributed by atoms with E-state index < -0.39 is 0 Å². The van der Waals surface area contributed by atoms with Gasteiger partial charge < -0.3 is 14.4 Å². The molecule has 1 unspecified atom stereocenters. The lowest BCUT2D eigenvalue weighted by Crippen LogP contribution is -2.21. The van der Waals surface area contributed by atoms with Crippen LogP contribution >= 0.6 is 0 Å². The zero-order chi connectivity index (χ0) is 13.0. The van der Waals surface area contributed by atoms with E-state index >= 15 is 0 Å². The molecule has 1 aliphatic heterocycles. The number of methoxy groups -OCH3 is 2. The third kappa shape index (κ3) is 2.75. The van der Waals surface area contributed by atoms with E-state index in [0.717, 1.165) is 30.9 Å². The maximum Gasteiger partial charge on any atom is 0.305 e. The minimum atomic E-state index is -0.123. The Labute approximate surface area is 107 Å². The Hall–Kier alpha value is -1.71. The topological polar surface area (TPSA) is 38.8 Å². The highest BCUT2D eigenvalue weighted by atomic mass is 16.5. The quantitative estimate of drug-likeness (QED) is 0.766. The number of rotatable bonds is 4. The van der Waals surface area contributed by atoms with Crippen LogP contribution < -0.4 is 9.64 Å². The van der Waals surface area contributed by atoms with Crippen molar-refractivity contribution in [2.24, 2.45) is 5.92 Å². The summed E-state index contributed by atoms with van der Waals surface area (Å²) in [7, 11) is 3.12. The van der Waals surface area contributed by atoms with Crippen LogP contribution in [0, 0.1) is 5.92 Å². The van der Waals surface area contributed by atoms with Crippen molar-refractivity contribution in [2.45, 2.75) is 12.8 Å². The lowest BCUT2D eigenvalue weighted by molar-refractivity contribution is -0.141. The number of hydrogen-bond donors (Lipinski definition) is 0. The zero-order valence-electron chi connectivity index (χ0n) is 10.9. The maximum absolute atomic E-state index is 11.3. The molecule has 0 spiro atoms. The van der Waals surface area contributed by atoms with E-state index in [-0.39, 0.29) is 5.97 Å². The first-order valence-corrected chi connectivity index (χ1v) is 6.19. The first-order valence-electron chi connectivity index (χ1n) is 6.19. The molecule has 4 nitrogen and oxygen atoms in total. The van der Waals surface area contributed by atoms with Crippen molar-refractivity contribution in [1.82, 2.24) is 0 Å². The number of ether oxygens (including phenoxy) is 2. The molecule has 0 radical (unpaired) electrons. The number of nitrogens with zero attached hydrogens (tertiary/aromatic N) is 1. The van der Waals surface area contributed by atoms with E-state index in [1.807, 2.05) is 18.2 Å². The van der Waals surface area contributed by atoms with Crippen LogP contribution in [-0.4, -0.2) is 33.3 Å². The van der Waals surface area contributed by atoms with Gasteiger partial charge in [-0.15, -0.1) is 0 Å². The molecule has 1 heterocycles. The van der Waals surface area contributed by atoms with Gasteiger partial charge in [-0.1, -0.05) is 12.1 Å². The second-order valence-corrected chi connectivity index (χ2v) is 4.55. The van der Waals surface area contributed by atoms with Gasteiger partial charge in [-0.3, -0.25) is 4.79 Å². The molecule has 1 saturated heterocycles. The molecule has 1 aromatic carbocycles. The van der Waals surface area contributed by atoms with Crippen molar-refractivity contribution in [3.05, 3.63) is 24.3 Å². The van der Waals surface area contributed by atoms with Crippen LogP contribution in [0.4, 0.5) is 5.69 Å². The molecule has 4 heteroatoms. The van der Waals surface area contributed by atoms with Crippen LogP contribution in [0.3, 0.4) is 0 Å². The van der Waals surface area contributed by atoms with Crippen molar-refractivity contribution in [3.8, 4) is 5.75 Å². The SMILES string of the molecule is COC(=O)CC1CCN(c2ccccc2OC)C1. The van der Waals surface area contributed by atoms with E-state index in [0.29, 0.717) is 12.3 Å². The second kappa shape index (κ2) is 5.76. The predicted molar refractivity (Wildman–Crippen MR) is 69.9 cm³/mol. The van der Waals surface area contributed by atoms with Crippen molar-refractivity contribution in [2.75, 3.05) is 32.2 Å². The Balaban J connectivity index is 2.02. The number of hydrogen-bond acceptors (Lipinski definition) is 4. The molecule has 18 heavy (non-hydrogen) atoms. The molecule has 0 saturated carbocycles. The molecule has 1 atom stereocenters. The lowest BCUT2D eigenvalue weighted by Gasteiger charge is -2.21. The summed E-state index contributed by atoms with van der Waals surface area (Å²) in [5.74, 6) is 1.14. The van der Waals surface area contributed by atoms with Crippen LogP contribution in [0.15, 0.2) is 24.3 Å². The lowest BCUT2D eigenvalue weighted by atomic mass is 10.1. The fourth-order valence-electron chi connectivity index (χ4n) is 2.43. The highest BCUT2D eigenvalue weighted by Crippen LogP contribution is 2.32. The number of esters is 1. The number of carbonyl (C=O) groups is 1. The molecular weight excluding hydrogens is 230 g/mol. The number of para-hydroxylation sites is 2. The van der Waals surface area contributed by atoms with Gasteiger partial charge in [0.25, 0.3) is 0 Å². The molecule has 0 bridgehead atoms. The van der Waals surface area contributed by atoms with Crippen LogP contribution in [0.1, 0.15) is 12.8 Å². The number of anilines is 1. The van der Waals surface area contributed by atoms with Crippen LogP contribution in [-0.2, 0) is 9.53 Å². The molecule has 0 aromatic heterocycles. The molecule has 0 aliphatic carbocycles. The van der Waals surface area contributed by atoms with Crippen molar-refractivity contribution in [3.63, 3.8) is 0 Å². The van der Waals surface area contributed by atoms with Gasteiger partial charge in [0, 0.05) is 13.1 Å². The number of carbonyl (C=O) groups excluding carboxylic acids is 1. The van der Waals surface area contributed by atoms with Crippen LogP contribution in [0.25, 0.3) is 0 Å². The summed E-state index contributed by atoms with van der Waals surface area (Å²) in [6.45, 7) is 1.84. The van der Waals surface area contributed by atoms with Crippen molar-refractivity contribution in [1.29, 1.82) is 0 Å². The van der Waals surface area contributed by atoms with Crippen LogP contribution in [0.2, 0.25) is 0 Å². The first kappa shape index (κ1) is 12.7. The molecule has 1 aromatic rings. The van der Waals surface area contributed by atoms with Gasteiger partial charge in [0.15, 0.2) is 0 Å². The minimum Gasteiger partial charge on any atom is -0.495 e. The Morgan fingerprint density at radius 2 is 2.17 bits per heavy atom.